The molecule has 1 heterocycles. The molecular weight excluding hydrogens is 210 g/mol. The predicted octanol–water partition coefficient (Wildman–Crippen LogP) is 2.54. The third-order valence-electron chi connectivity index (χ3n) is 2.64. The van der Waals surface area contributed by atoms with Gasteiger partial charge in [0, 0.05) is 6.20 Å². The van der Waals surface area contributed by atoms with Crippen LogP contribution in [0.1, 0.15) is 32.3 Å². The Morgan fingerprint density at radius 3 is 3.00 bits per heavy atom. The van der Waals surface area contributed by atoms with Crippen LogP contribution in [0.2, 0.25) is 0 Å². The van der Waals surface area contributed by atoms with Gasteiger partial charge in [-0.25, -0.2) is 4.98 Å². The van der Waals surface area contributed by atoms with Crippen LogP contribution >= 0.6 is 0 Å². The number of allylic oxidation sites excluding steroid dienone is 1. The summed E-state index contributed by atoms with van der Waals surface area (Å²) in [7, 11) is 0. The summed E-state index contributed by atoms with van der Waals surface area (Å²) in [6, 6.07) is 3.97. The molecule has 0 atom stereocenters. The van der Waals surface area contributed by atoms with E-state index in [9.17, 15) is 0 Å². The molecule has 3 heteroatoms. The highest BCUT2D eigenvalue weighted by Crippen LogP contribution is 2.12. The molecule has 17 heavy (non-hydrogen) atoms. The van der Waals surface area contributed by atoms with Crippen LogP contribution in [0.5, 0.6) is 0 Å². The first kappa shape index (κ1) is 13.7. The van der Waals surface area contributed by atoms with Gasteiger partial charge in [0.05, 0.1) is 0 Å². The van der Waals surface area contributed by atoms with Crippen molar-refractivity contribution in [2.45, 2.75) is 33.1 Å². The average molecular weight is 233 g/mol. The normalized spacial score (nSPS) is 11.8. The molecule has 94 valence electrons. The number of nitrogens with zero attached hydrogens (tertiary/aromatic N) is 1. The smallest absolute Gasteiger partial charge is 0.126 e. The number of nitrogens with two attached hydrogens (primary N) is 1. The minimum Gasteiger partial charge on any atom is -0.383 e. The molecule has 1 aromatic heterocycles. The molecule has 0 aliphatic heterocycles. The summed E-state index contributed by atoms with van der Waals surface area (Å²) in [5.74, 6) is 0.643. The first-order chi connectivity index (χ1) is 8.24. The third-order valence-corrected chi connectivity index (χ3v) is 2.64. The van der Waals surface area contributed by atoms with Gasteiger partial charge in [-0.1, -0.05) is 24.6 Å². The molecule has 0 saturated heterocycles. The third kappa shape index (κ3) is 5.50. The summed E-state index contributed by atoms with van der Waals surface area (Å²) < 4.78 is 0. The summed E-state index contributed by atoms with van der Waals surface area (Å²) in [5.41, 5.74) is 8.28. The Hall–Kier alpha value is -1.35. The van der Waals surface area contributed by atoms with Crippen LogP contribution in [0, 0.1) is 0 Å². The summed E-state index contributed by atoms with van der Waals surface area (Å²) in [6.07, 6.45) is 7.16. The van der Waals surface area contributed by atoms with Crippen molar-refractivity contribution in [1.82, 2.24) is 10.3 Å². The van der Waals surface area contributed by atoms with E-state index in [1.54, 1.807) is 6.20 Å². The molecule has 1 rings (SSSR count). The molecule has 0 spiro atoms. The van der Waals surface area contributed by atoms with E-state index in [-0.39, 0.29) is 0 Å². The van der Waals surface area contributed by atoms with Gasteiger partial charge in [-0.05, 0) is 50.9 Å². The van der Waals surface area contributed by atoms with E-state index < -0.39 is 0 Å². The fourth-order valence-electron chi connectivity index (χ4n) is 1.70. The van der Waals surface area contributed by atoms with Gasteiger partial charge in [-0.2, -0.15) is 0 Å². The van der Waals surface area contributed by atoms with Gasteiger partial charge >= 0.3 is 0 Å². The molecule has 0 aliphatic carbocycles. The maximum Gasteiger partial charge on any atom is 0.126 e. The van der Waals surface area contributed by atoms with Crippen molar-refractivity contribution >= 4 is 5.82 Å². The van der Waals surface area contributed by atoms with E-state index in [4.69, 9.17) is 5.73 Å². The van der Waals surface area contributed by atoms with Crippen molar-refractivity contribution in [1.29, 1.82) is 0 Å². The monoisotopic (exact) mass is 233 g/mol. The van der Waals surface area contributed by atoms with Gasteiger partial charge in [-0.15, -0.1) is 0 Å². The lowest BCUT2D eigenvalue weighted by Crippen LogP contribution is -2.15. The highest BCUT2D eigenvalue weighted by Gasteiger charge is 1.99. The van der Waals surface area contributed by atoms with Crippen LogP contribution in [-0.4, -0.2) is 18.1 Å². The molecule has 0 unspecified atom stereocenters. The molecule has 3 N–H and O–H groups in total. The van der Waals surface area contributed by atoms with Gasteiger partial charge < -0.3 is 11.1 Å². The predicted molar refractivity (Wildman–Crippen MR) is 73.9 cm³/mol. The van der Waals surface area contributed by atoms with Crippen molar-refractivity contribution in [3.05, 3.63) is 35.5 Å². The van der Waals surface area contributed by atoms with Gasteiger partial charge in [0.25, 0.3) is 0 Å². The van der Waals surface area contributed by atoms with Gasteiger partial charge in [0.1, 0.15) is 5.82 Å². The van der Waals surface area contributed by atoms with E-state index in [0.717, 1.165) is 31.5 Å². The lowest BCUT2D eigenvalue weighted by molar-refractivity contribution is 0.677. The highest BCUT2D eigenvalue weighted by atomic mass is 14.8. The first-order valence-corrected chi connectivity index (χ1v) is 6.29. The van der Waals surface area contributed by atoms with Crippen LogP contribution in [0.15, 0.2) is 30.0 Å². The lowest BCUT2D eigenvalue weighted by atomic mass is 10.1. The Morgan fingerprint density at radius 1 is 1.47 bits per heavy atom. The highest BCUT2D eigenvalue weighted by molar-refractivity contribution is 5.40. The summed E-state index contributed by atoms with van der Waals surface area (Å²) in [4.78, 5) is 4.09. The van der Waals surface area contributed by atoms with Crippen LogP contribution in [0.3, 0.4) is 0 Å². The van der Waals surface area contributed by atoms with Crippen molar-refractivity contribution in [3.63, 3.8) is 0 Å². The Balaban J connectivity index is 2.36. The Labute approximate surface area is 104 Å². The largest absolute Gasteiger partial charge is 0.383 e. The second-order valence-corrected chi connectivity index (χ2v) is 4.31. The van der Waals surface area contributed by atoms with Crippen LogP contribution < -0.4 is 11.1 Å². The zero-order chi connectivity index (χ0) is 12.5. The Bertz CT molecular complexity index is 358. The maximum atomic E-state index is 5.81. The quantitative estimate of drug-likeness (QED) is 0.562. The summed E-state index contributed by atoms with van der Waals surface area (Å²) in [6.45, 7) is 6.47. The molecule has 0 fully saturated rings. The van der Waals surface area contributed by atoms with Gasteiger partial charge in [0.2, 0.25) is 0 Å². The van der Waals surface area contributed by atoms with Crippen molar-refractivity contribution in [2.75, 3.05) is 18.8 Å². The molecule has 3 nitrogen and oxygen atoms in total. The maximum absolute atomic E-state index is 5.81. The van der Waals surface area contributed by atoms with Crippen molar-refractivity contribution in [3.8, 4) is 0 Å². The zero-order valence-corrected chi connectivity index (χ0v) is 10.9. The molecule has 0 bridgehead atoms. The van der Waals surface area contributed by atoms with Crippen LogP contribution in [-0.2, 0) is 6.42 Å². The van der Waals surface area contributed by atoms with Crippen LogP contribution in [0.25, 0.3) is 0 Å². The van der Waals surface area contributed by atoms with Crippen molar-refractivity contribution < 1.29 is 0 Å². The minimum absolute atomic E-state index is 0.643. The molecule has 0 amide bonds. The lowest BCUT2D eigenvalue weighted by Gasteiger charge is -2.05. The summed E-state index contributed by atoms with van der Waals surface area (Å²) >= 11 is 0. The van der Waals surface area contributed by atoms with E-state index in [1.165, 1.54) is 12.0 Å². The van der Waals surface area contributed by atoms with Gasteiger partial charge in [0.15, 0.2) is 0 Å². The second kappa shape index (κ2) is 7.85. The Morgan fingerprint density at radius 2 is 2.29 bits per heavy atom. The number of rotatable bonds is 7. The van der Waals surface area contributed by atoms with E-state index in [0.29, 0.717) is 5.82 Å². The van der Waals surface area contributed by atoms with E-state index in [1.807, 2.05) is 12.1 Å². The van der Waals surface area contributed by atoms with Crippen molar-refractivity contribution in [2.24, 2.45) is 0 Å². The number of anilines is 1. The number of hydrogen-bond donors (Lipinski definition) is 2. The molecular formula is C14H23N3. The van der Waals surface area contributed by atoms with Crippen LogP contribution in [0.4, 0.5) is 5.82 Å². The topological polar surface area (TPSA) is 50.9 Å². The minimum atomic E-state index is 0.643. The number of hydrogen-bond acceptors (Lipinski definition) is 3. The van der Waals surface area contributed by atoms with Gasteiger partial charge in [-0.3, -0.25) is 0 Å². The standard InChI is InChI=1S/C14H23N3/c1-3-8-16-9-4-6-12(2)11-13-7-5-10-17-14(13)15/h5-7,10,16H,3-4,8-9,11H2,1-2H3,(H2,15,17). The second-order valence-electron chi connectivity index (χ2n) is 4.31. The van der Waals surface area contributed by atoms with E-state index >= 15 is 0 Å². The molecule has 0 aliphatic rings. The fourth-order valence-corrected chi connectivity index (χ4v) is 1.70. The molecule has 0 aromatic carbocycles. The first-order valence-electron chi connectivity index (χ1n) is 6.29. The van der Waals surface area contributed by atoms with E-state index in [2.05, 4.69) is 30.2 Å². The average Bonchev–Trinajstić information content (AvgIpc) is 2.32. The number of nitrogen functional groups attached to an aromatic ring is 1. The Kier molecular flexibility index (Phi) is 6.33. The number of aromatic nitrogens is 1. The zero-order valence-electron chi connectivity index (χ0n) is 10.9. The molecule has 1 aromatic rings. The summed E-state index contributed by atoms with van der Waals surface area (Å²) in [5, 5.41) is 3.38. The molecule has 0 radical (unpaired) electrons. The number of nitrogens with one attached hydrogen (secondary N) is 1. The SMILES string of the molecule is CCCNCCC=C(C)Cc1cccnc1N. The molecule has 0 saturated carbocycles. The number of pyridine rings is 1. The fraction of sp³-hybridized carbons (Fsp3) is 0.500.